The largest absolute Gasteiger partial charge is 0.324 e. The molecule has 5 heteroatoms. The molecule has 17 heavy (non-hydrogen) atoms. The van der Waals surface area contributed by atoms with E-state index in [0.717, 1.165) is 16.6 Å². The van der Waals surface area contributed by atoms with Gasteiger partial charge in [-0.2, -0.15) is 5.10 Å². The van der Waals surface area contributed by atoms with Crippen LogP contribution in [0.1, 0.15) is 12.8 Å². The van der Waals surface area contributed by atoms with Crippen LogP contribution in [0.3, 0.4) is 0 Å². The molecule has 3 N–H and O–H groups in total. The molecule has 1 saturated carbocycles. The van der Waals surface area contributed by atoms with E-state index in [1.165, 1.54) is 12.8 Å². The first kappa shape index (κ1) is 10.3. The van der Waals surface area contributed by atoms with Gasteiger partial charge in [-0.3, -0.25) is 9.89 Å². The number of aromatic amines is 1. The number of anilines is 1. The van der Waals surface area contributed by atoms with Crippen LogP contribution in [0.4, 0.5) is 5.69 Å². The molecule has 1 heterocycles. The van der Waals surface area contributed by atoms with Crippen molar-refractivity contribution < 1.29 is 4.79 Å². The van der Waals surface area contributed by atoms with Crippen molar-refractivity contribution in [3.8, 4) is 0 Å². The number of rotatable bonds is 4. The van der Waals surface area contributed by atoms with Crippen LogP contribution in [0.25, 0.3) is 10.9 Å². The van der Waals surface area contributed by atoms with Crippen molar-refractivity contribution >= 4 is 22.5 Å². The summed E-state index contributed by atoms with van der Waals surface area (Å²) in [6, 6.07) is 6.25. The highest BCUT2D eigenvalue weighted by molar-refractivity contribution is 6.01. The van der Waals surface area contributed by atoms with Gasteiger partial charge in [0.2, 0.25) is 5.91 Å². The molecule has 1 amide bonds. The number of amides is 1. The standard InChI is InChI=1S/C12H14N4O/c17-12(7-13-8-4-5-8)15-10-2-1-3-11-9(10)6-14-16-11/h1-3,6,8,13H,4-5,7H2,(H,14,16)(H,15,17). The van der Waals surface area contributed by atoms with Crippen molar-refractivity contribution in [2.45, 2.75) is 18.9 Å². The number of carbonyl (C=O) groups excluding carboxylic acids is 1. The maximum atomic E-state index is 11.7. The number of fused-ring (bicyclic) bond motifs is 1. The lowest BCUT2D eigenvalue weighted by Crippen LogP contribution is -2.29. The van der Waals surface area contributed by atoms with Gasteiger partial charge in [0.15, 0.2) is 0 Å². The van der Waals surface area contributed by atoms with Gasteiger partial charge in [0, 0.05) is 11.4 Å². The molecule has 5 nitrogen and oxygen atoms in total. The third-order valence-corrected chi connectivity index (χ3v) is 2.89. The van der Waals surface area contributed by atoms with E-state index < -0.39 is 0 Å². The molecule has 0 bridgehead atoms. The van der Waals surface area contributed by atoms with Gasteiger partial charge in [0.05, 0.1) is 23.9 Å². The molecule has 0 saturated heterocycles. The van der Waals surface area contributed by atoms with Gasteiger partial charge in [0.25, 0.3) is 0 Å². The molecule has 0 unspecified atom stereocenters. The molecule has 0 aliphatic heterocycles. The Morgan fingerprint density at radius 2 is 2.35 bits per heavy atom. The summed E-state index contributed by atoms with van der Waals surface area (Å²) in [5.74, 6) is -0.00870. The number of benzene rings is 1. The van der Waals surface area contributed by atoms with Crippen molar-refractivity contribution in [1.82, 2.24) is 15.5 Å². The van der Waals surface area contributed by atoms with Gasteiger partial charge in [-0.1, -0.05) is 6.07 Å². The van der Waals surface area contributed by atoms with E-state index >= 15 is 0 Å². The average Bonchev–Trinajstić information content (AvgIpc) is 3.03. The van der Waals surface area contributed by atoms with E-state index in [2.05, 4.69) is 20.8 Å². The highest BCUT2D eigenvalue weighted by Gasteiger charge is 2.21. The van der Waals surface area contributed by atoms with E-state index in [1.54, 1.807) is 6.20 Å². The van der Waals surface area contributed by atoms with E-state index in [0.29, 0.717) is 12.6 Å². The first-order valence-corrected chi connectivity index (χ1v) is 5.78. The Labute approximate surface area is 98.6 Å². The number of carbonyl (C=O) groups is 1. The lowest BCUT2D eigenvalue weighted by molar-refractivity contribution is -0.115. The van der Waals surface area contributed by atoms with E-state index in [-0.39, 0.29) is 5.91 Å². The Morgan fingerprint density at radius 1 is 1.47 bits per heavy atom. The summed E-state index contributed by atoms with van der Waals surface area (Å²) in [4.78, 5) is 11.7. The Morgan fingerprint density at radius 3 is 3.18 bits per heavy atom. The topological polar surface area (TPSA) is 69.8 Å². The fraction of sp³-hybridized carbons (Fsp3) is 0.333. The lowest BCUT2D eigenvalue weighted by atomic mass is 10.2. The summed E-state index contributed by atoms with van der Waals surface area (Å²) in [6.07, 6.45) is 4.09. The fourth-order valence-electron chi connectivity index (χ4n) is 1.80. The molecule has 0 radical (unpaired) electrons. The van der Waals surface area contributed by atoms with Crippen LogP contribution in [0.2, 0.25) is 0 Å². The highest BCUT2D eigenvalue weighted by atomic mass is 16.1. The molecule has 1 aliphatic carbocycles. The van der Waals surface area contributed by atoms with Crippen LogP contribution in [-0.2, 0) is 4.79 Å². The second-order valence-electron chi connectivity index (χ2n) is 4.34. The smallest absolute Gasteiger partial charge is 0.238 e. The number of hydrogen-bond donors (Lipinski definition) is 3. The zero-order valence-electron chi connectivity index (χ0n) is 9.36. The highest BCUT2D eigenvalue weighted by Crippen LogP contribution is 2.21. The molecule has 0 spiro atoms. The van der Waals surface area contributed by atoms with Crippen LogP contribution in [-0.4, -0.2) is 28.7 Å². The molecule has 2 aromatic rings. The van der Waals surface area contributed by atoms with Crippen molar-refractivity contribution in [3.05, 3.63) is 24.4 Å². The molecular formula is C12H14N4O. The molecule has 1 aromatic heterocycles. The van der Waals surface area contributed by atoms with Gasteiger partial charge < -0.3 is 10.6 Å². The monoisotopic (exact) mass is 230 g/mol. The van der Waals surface area contributed by atoms with Crippen LogP contribution in [0.5, 0.6) is 0 Å². The van der Waals surface area contributed by atoms with Gasteiger partial charge in [0.1, 0.15) is 0 Å². The molecule has 1 fully saturated rings. The molecule has 0 atom stereocenters. The molecular weight excluding hydrogens is 216 g/mol. The maximum absolute atomic E-state index is 11.7. The SMILES string of the molecule is O=C(CNC1CC1)Nc1cccc2[nH]ncc12. The second kappa shape index (κ2) is 4.18. The first-order valence-electron chi connectivity index (χ1n) is 5.78. The number of hydrogen-bond acceptors (Lipinski definition) is 3. The maximum Gasteiger partial charge on any atom is 0.238 e. The van der Waals surface area contributed by atoms with Crippen LogP contribution in [0.15, 0.2) is 24.4 Å². The predicted octanol–water partition coefficient (Wildman–Crippen LogP) is 1.25. The Bertz CT molecular complexity index is 544. The van der Waals surface area contributed by atoms with Crippen LogP contribution >= 0.6 is 0 Å². The Hall–Kier alpha value is -1.88. The minimum Gasteiger partial charge on any atom is -0.324 e. The molecule has 3 rings (SSSR count). The molecule has 1 aliphatic rings. The first-order chi connectivity index (χ1) is 8.33. The van der Waals surface area contributed by atoms with Gasteiger partial charge >= 0.3 is 0 Å². The predicted molar refractivity (Wildman–Crippen MR) is 65.7 cm³/mol. The van der Waals surface area contributed by atoms with Crippen LogP contribution < -0.4 is 10.6 Å². The van der Waals surface area contributed by atoms with E-state index in [9.17, 15) is 4.79 Å². The van der Waals surface area contributed by atoms with Gasteiger partial charge in [-0.05, 0) is 25.0 Å². The number of nitrogens with zero attached hydrogens (tertiary/aromatic N) is 1. The summed E-state index contributed by atoms with van der Waals surface area (Å²) in [6.45, 7) is 0.374. The lowest BCUT2D eigenvalue weighted by Gasteiger charge is -2.06. The summed E-state index contributed by atoms with van der Waals surface area (Å²) < 4.78 is 0. The van der Waals surface area contributed by atoms with Gasteiger partial charge in [-0.25, -0.2) is 0 Å². The Balaban J connectivity index is 1.70. The van der Waals surface area contributed by atoms with Crippen molar-refractivity contribution in [2.24, 2.45) is 0 Å². The van der Waals surface area contributed by atoms with Crippen molar-refractivity contribution in [3.63, 3.8) is 0 Å². The number of nitrogens with one attached hydrogen (secondary N) is 3. The van der Waals surface area contributed by atoms with E-state index in [1.807, 2.05) is 18.2 Å². The zero-order valence-corrected chi connectivity index (χ0v) is 9.36. The minimum absolute atomic E-state index is 0.00870. The second-order valence-corrected chi connectivity index (χ2v) is 4.34. The van der Waals surface area contributed by atoms with Crippen molar-refractivity contribution in [1.29, 1.82) is 0 Å². The fourth-order valence-corrected chi connectivity index (χ4v) is 1.80. The van der Waals surface area contributed by atoms with Crippen LogP contribution in [0, 0.1) is 0 Å². The Kier molecular flexibility index (Phi) is 2.53. The normalized spacial score (nSPS) is 15.1. The van der Waals surface area contributed by atoms with Gasteiger partial charge in [-0.15, -0.1) is 0 Å². The third kappa shape index (κ3) is 2.29. The number of H-pyrrole nitrogens is 1. The average molecular weight is 230 g/mol. The van der Waals surface area contributed by atoms with E-state index in [4.69, 9.17) is 0 Å². The quantitative estimate of drug-likeness (QED) is 0.740. The summed E-state index contributed by atoms with van der Waals surface area (Å²) in [5.41, 5.74) is 1.73. The zero-order chi connectivity index (χ0) is 11.7. The summed E-state index contributed by atoms with van der Waals surface area (Å²) in [7, 11) is 0. The summed E-state index contributed by atoms with van der Waals surface area (Å²) >= 11 is 0. The van der Waals surface area contributed by atoms with Crippen molar-refractivity contribution in [2.75, 3.05) is 11.9 Å². The third-order valence-electron chi connectivity index (χ3n) is 2.89. The minimum atomic E-state index is -0.00870. The molecule has 88 valence electrons. The number of aromatic nitrogens is 2. The summed E-state index contributed by atoms with van der Waals surface area (Å²) in [5, 5.41) is 13.9. The molecule has 1 aromatic carbocycles.